The zero-order valence-electron chi connectivity index (χ0n) is 11.2. The third kappa shape index (κ3) is 4.51. The number of hydrogen-bond acceptors (Lipinski definition) is 3. The van der Waals surface area contributed by atoms with Gasteiger partial charge in [-0.1, -0.05) is 23.7 Å². The molecule has 2 rings (SSSR count). The van der Waals surface area contributed by atoms with E-state index in [1.807, 2.05) is 18.2 Å². The van der Waals surface area contributed by atoms with E-state index in [2.05, 4.69) is 5.32 Å². The first-order valence-corrected chi connectivity index (χ1v) is 6.74. The van der Waals surface area contributed by atoms with Crippen molar-refractivity contribution in [3.63, 3.8) is 0 Å². The highest BCUT2D eigenvalue weighted by Gasteiger charge is 2.05. The van der Waals surface area contributed by atoms with E-state index in [4.69, 9.17) is 21.6 Å². The molecule has 0 unspecified atom stereocenters. The van der Waals surface area contributed by atoms with Crippen molar-refractivity contribution in [1.82, 2.24) is 0 Å². The largest absolute Gasteiger partial charge is 0.491 e. The quantitative estimate of drug-likeness (QED) is 0.917. The third-order valence-electron chi connectivity index (χ3n) is 2.72. The van der Waals surface area contributed by atoms with Gasteiger partial charge in [0.15, 0.2) is 0 Å². The number of nitrogens with zero attached hydrogens (tertiary/aromatic N) is 1. The monoisotopic (exact) mass is 300 g/mol. The van der Waals surface area contributed by atoms with Gasteiger partial charge in [-0.15, -0.1) is 0 Å². The average Bonchev–Trinajstić information content (AvgIpc) is 2.50. The fourth-order valence-corrected chi connectivity index (χ4v) is 1.86. The van der Waals surface area contributed by atoms with E-state index in [9.17, 15) is 4.79 Å². The number of hydrogen-bond donors (Lipinski definition) is 1. The number of benzene rings is 2. The minimum Gasteiger partial charge on any atom is -0.491 e. The van der Waals surface area contributed by atoms with Crippen molar-refractivity contribution in [2.24, 2.45) is 0 Å². The highest BCUT2D eigenvalue weighted by atomic mass is 35.5. The molecule has 0 aliphatic heterocycles. The molecule has 0 atom stereocenters. The van der Waals surface area contributed by atoms with Gasteiger partial charge in [0, 0.05) is 5.69 Å². The van der Waals surface area contributed by atoms with E-state index >= 15 is 0 Å². The molecule has 0 aromatic heterocycles. The highest BCUT2D eigenvalue weighted by Crippen LogP contribution is 2.23. The lowest BCUT2D eigenvalue weighted by atomic mass is 10.2. The molecule has 0 saturated carbocycles. The molecule has 2 aromatic rings. The van der Waals surface area contributed by atoms with E-state index in [-0.39, 0.29) is 18.9 Å². The number of nitriles is 1. The van der Waals surface area contributed by atoms with Crippen LogP contribution < -0.4 is 10.1 Å². The van der Waals surface area contributed by atoms with Crippen molar-refractivity contribution < 1.29 is 9.53 Å². The minimum absolute atomic E-state index is 0.160. The molecule has 0 bridgehead atoms. The van der Waals surface area contributed by atoms with Crippen LogP contribution in [0.15, 0.2) is 48.5 Å². The minimum atomic E-state index is -0.160. The summed E-state index contributed by atoms with van der Waals surface area (Å²) in [7, 11) is 0. The Morgan fingerprint density at radius 1 is 1.19 bits per heavy atom. The van der Waals surface area contributed by atoms with Gasteiger partial charge in [-0.2, -0.15) is 5.26 Å². The molecule has 1 N–H and O–H groups in total. The van der Waals surface area contributed by atoms with Gasteiger partial charge in [-0.05, 0) is 36.4 Å². The highest BCUT2D eigenvalue weighted by molar-refractivity contribution is 6.32. The summed E-state index contributed by atoms with van der Waals surface area (Å²) in [6.45, 7) is 0.242. The molecule has 2 aromatic carbocycles. The zero-order chi connectivity index (χ0) is 15.1. The lowest BCUT2D eigenvalue weighted by Crippen LogP contribution is -2.15. The van der Waals surface area contributed by atoms with Crippen LogP contribution in [0.5, 0.6) is 5.75 Å². The van der Waals surface area contributed by atoms with E-state index in [1.165, 1.54) is 0 Å². The second-order valence-corrected chi connectivity index (χ2v) is 4.67. The molecule has 0 fully saturated rings. The first-order valence-electron chi connectivity index (χ1n) is 6.36. The smallest absolute Gasteiger partial charge is 0.227 e. The van der Waals surface area contributed by atoms with Crippen molar-refractivity contribution >= 4 is 23.2 Å². The van der Waals surface area contributed by atoms with Crippen LogP contribution in [-0.4, -0.2) is 12.5 Å². The molecule has 0 aliphatic rings. The van der Waals surface area contributed by atoms with Gasteiger partial charge in [0.1, 0.15) is 5.75 Å². The number of para-hydroxylation sites is 1. The fourth-order valence-electron chi connectivity index (χ4n) is 1.67. The molecule has 4 nitrogen and oxygen atoms in total. The second-order valence-electron chi connectivity index (χ2n) is 4.27. The Morgan fingerprint density at radius 3 is 2.57 bits per heavy atom. The number of carbonyl (C=O) groups excluding carboxylic acids is 1. The number of halogens is 1. The Morgan fingerprint density at radius 2 is 1.90 bits per heavy atom. The van der Waals surface area contributed by atoms with Crippen LogP contribution in [-0.2, 0) is 4.79 Å². The van der Waals surface area contributed by atoms with Gasteiger partial charge < -0.3 is 10.1 Å². The molecule has 21 heavy (non-hydrogen) atoms. The SMILES string of the molecule is N#Cc1ccc(NC(=O)CCOc2ccccc2Cl)cc1. The van der Waals surface area contributed by atoms with Gasteiger partial charge in [0.2, 0.25) is 5.91 Å². The topological polar surface area (TPSA) is 62.1 Å². The Bertz CT molecular complexity index is 663. The molecular formula is C16H13ClN2O2. The summed E-state index contributed by atoms with van der Waals surface area (Å²) < 4.78 is 5.45. The molecule has 0 saturated heterocycles. The Hall–Kier alpha value is -2.51. The van der Waals surface area contributed by atoms with Crippen LogP contribution in [0.1, 0.15) is 12.0 Å². The predicted molar refractivity (Wildman–Crippen MR) is 81.4 cm³/mol. The molecule has 0 heterocycles. The molecule has 0 aliphatic carbocycles. The van der Waals surface area contributed by atoms with Gasteiger partial charge in [0.05, 0.1) is 29.7 Å². The van der Waals surface area contributed by atoms with Crippen LogP contribution in [0.2, 0.25) is 5.02 Å². The van der Waals surface area contributed by atoms with Crippen LogP contribution in [0, 0.1) is 11.3 Å². The molecule has 5 heteroatoms. The van der Waals surface area contributed by atoms with Crippen LogP contribution in [0.4, 0.5) is 5.69 Å². The summed E-state index contributed by atoms with van der Waals surface area (Å²) >= 11 is 5.95. The maximum absolute atomic E-state index is 11.8. The van der Waals surface area contributed by atoms with E-state index in [0.717, 1.165) is 0 Å². The second kappa shape index (κ2) is 7.32. The van der Waals surface area contributed by atoms with Crippen molar-refractivity contribution in [2.45, 2.75) is 6.42 Å². The normalized spacial score (nSPS) is 9.71. The van der Waals surface area contributed by atoms with Gasteiger partial charge >= 0.3 is 0 Å². The summed E-state index contributed by atoms with van der Waals surface area (Å²) in [5, 5.41) is 11.9. The van der Waals surface area contributed by atoms with E-state index in [0.29, 0.717) is 22.0 Å². The fraction of sp³-hybridized carbons (Fsp3) is 0.125. The summed E-state index contributed by atoms with van der Waals surface area (Å²) in [5.41, 5.74) is 1.20. The van der Waals surface area contributed by atoms with E-state index < -0.39 is 0 Å². The Balaban J connectivity index is 1.80. The molecule has 1 amide bonds. The van der Waals surface area contributed by atoms with Gasteiger partial charge in [0.25, 0.3) is 0 Å². The lowest BCUT2D eigenvalue weighted by Gasteiger charge is -2.08. The summed E-state index contributed by atoms with van der Waals surface area (Å²) in [6, 6.07) is 15.8. The summed E-state index contributed by atoms with van der Waals surface area (Å²) in [6.07, 6.45) is 0.214. The first kappa shape index (κ1) is 14.9. The van der Waals surface area contributed by atoms with Gasteiger partial charge in [-0.3, -0.25) is 4.79 Å². The average molecular weight is 301 g/mol. The zero-order valence-corrected chi connectivity index (χ0v) is 11.9. The van der Waals surface area contributed by atoms with Crippen molar-refractivity contribution in [1.29, 1.82) is 5.26 Å². The third-order valence-corrected chi connectivity index (χ3v) is 3.03. The van der Waals surface area contributed by atoms with Crippen molar-refractivity contribution in [3.05, 3.63) is 59.1 Å². The van der Waals surface area contributed by atoms with Crippen LogP contribution in [0.3, 0.4) is 0 Å². The number of ether oxygens (including phenoxy) is 1. The van der Waals surface area contributed by atoms with E-state index in [1.54, 1.807) is 36.4 Å². The molecule has 0 spiro atoms. The van der Waals surface area contributed by atoms with Crippen molar-refractivity contribution in [2.75, 3.05) is 11.9 Å². The standard InChI is InChI=1S/C16H13ClN2O2/c17-14-3-1-2-4-15(14)21-10-9-16(20)19-13-7-5-12(11-18)6-8-13/h1-8H,9-10H2,(H,19,20). The molecule has 0 radical (unpaired) electrons. The number of carbonyl (C=O) groups is 1. The predicted octanol–water partition coefficient (Wildman–Crippen LogP) is 3.62. The maximum Gasteiger partial charge on any atom is 0.227 e. The van der Waals surface area contributed by atoms with Crippen LogP contribution >= 0.6 is 11.6 Å². The number of amides is 1. The number of nitrogens with one attached hydrogen (secondary N) is 1. The van der Waals surface area contributed by atoms with Crippen LogP contribution in [0.25, 0.3) is 0 Å². The van der Waals surface area contributed by atoms with Gasteiger partial charge in [-0.25, -0.2) is 0 Å². The molecule has 106 valence electrons. The number of anilines is 1. The molecular weight excluding hydrogens is 288 g/mol. The Labute approximate surface area is 127 Å². The first-order chi connectivity index (χ1) is 10.2. The maximum atomic E-state index is 11.8. The number of rotatable bonds is 5. The summed E-state index contributed by atoms with van der Waals surface area (Å²) in [4.78, 5) is 11.8. The Kier molecular flexibility index (Phi) is 5.19. The lowest BCUT2D eigenvalue weighted by molar-refractivity contribution is -0.116. The summed E-state index contributed by atoms with van der Waals surface area (Å²) in [5.74, 6) is 0.400. The van der Waals surface area contributed by atoms with Crippen molar-refractivity contribution in [3.8, 4) is 11.8 Å².